The number of methoxy groups -OCH3 is 1. The molecule has 0 radical (unpaired) electrons. The summed E-state index contributed by atoms with van der Waals surface area (Å²) in [5.41, 5.74) is 0. The molecule has 2 aromatic rings. The Morgan fingerprint density at radius 1 is 1.13 bits per heavy atom. The van der Waals surface area contributed by atoms with E-state index in [1.807, 2.05) is 18.2 Å². The second-order valence-corrected chi connectivity index (χ2v) is 5.65. The number of aliphatic hydroxyl groups is 2. The first kappa shape index (κ1) is 15.9. The number of ether oxygens (including phenoxy) is 3. The van der Waals surface area contributed by atoms with Crippen molar-refractivity contribution in [2.24, 2.45) is 0 Å². The second kappa shape index (κ2) is 6.23. The van der Waals surface area contributed by atoms with Crippen LogP contribution in [0.4, 0.5) is 0 Å². The number of rotatable bonds is 3. The minimum atomic E-state index is -0.949. The maximum Gasteiger partial charge on any atom is 0.203 e. The summed E-state index contributed by atoms with van der Waals surface area (Å²) in [6.45, 7) is 1.66. The molecule has 0 bridgehead atoms. The van der Waals surface area contributed by atoms with Crippen molar-refractivity contribution in [3.8, 4) is 17.2 Å². The Bertz CT molecular complexity index is 689. The zero-order chi connectivity index (χ0) is 16.6. The van der Waals surface area contributed by atoms with Crippen LogP contribution in [0, 0.1) is 0 Å². The average molecular weight is 320 g/mol. The molecule has 23 heavy (non-hydrogen) atoms. The monoisotopic (exact) mass is 320 g/mol. The van der Waals surface area contributed by atoms with E-state index in [0.29, 0.717) is 11.1 Å². The molecule has 1 fully saturated rings. The summed E-state index contributed by atoms with van der Waals surface area (Å²) in [7, 11) is 1.54. The highest BCUT2D eigenvalue weighted by Crippen LogP contribution is 2.41. The van der Waals surface area contributed by atoms with Crippen LogP contribution in [0.1, 0.15) is 13.3 Å². The molecule has 0 spiro atoms. The molecule has 0 aliphatic carbocycles. The maximum absolute atomic E-state index is 10.4. The quantitative estimate of drug-likeness (QED) is 0.799. The van der Waals surface area contributed by atoms with Crippen LogP contribution in [0.15, 0.2) is 30.3 Å². The van der Waals surface area contributed by atoms with Gasteiger partial charge in [-0.25, -0.2) is 0 Å². The van der Waals surface area contributed by atoms with Gasteiger partial charge in [0.05, 0.1) is 19.3 Å². The van der Waals surface area contributed by atoms with Crippen LogP contribution in [0.5, 0.6) is 17.2 Å². The zero-order valence-electron chi connectivity index (χ0n) is 13.0. The smallest absolute Gasteiger partial charge is 0.203 e. The lowest BCUT2D eigenvalue weighted by Gasteiger charge is -2.35. The Kier molecular flexibility index (Phi) is 4.30. The fourth-order valence-electron chi connectivity index (χ4n) is 2.80. The molecule has 0 saturated carbocycles. The molecular weight excluding hydrogens is 300 g/mol. The summed E-state index contributed by atoms with van der Waals surface area (Å²) in [6.07, 6.45) is -3.10. The van der Waals surface area contributed by atoms with Gasteiger partial charge in [-0.3, -0.25) is 0 Å². The number of aromatic hydroxyl groups is 1. The zero-order valence-corrected chi connectivity index (χ0v) is 13.0. The molecule has 0 amide bonds. The minimum absolute atomic E-state index is 0.0155. The summed E-state index contributed by atoms with van der Waals surface area (Å²) in [5.74, 6) is 0.762. The number of phenols is 1. The van der Waals surface area contributed by atoms with E-state index < -0.39 is 24.6 Å². The summed E-state index contributed by atoms with van der Waals surface area (Å²) in [6, 6.07) is 8.86. The molecular formula is C17H20O6. The predicted molar refractivity (Wildman–Crippen MR) is 83.8 cm³/mol. The number of hydrogen-bond acceptors (Lipinski definition) is 6. The van der Waals surface area contributed by atoms with Gasteiger partial charge in [-0.05, 0) is 6.92 Å². The van der Waals surface area contributed by atoms with Gasteiger partial charge in [-0.2, -0.15) is 0 Å². The maximum atomic E-state index is 10.4. The van der Waals surface area contributed by atoms with Crippen LogP contribution >= 0.6 is 0 Å². The van der Waals surface area contributed by atoms with E-state index in [2.05, 4.69) is 0 Å². The molecule has 6 nitrogen and oxygen atoms in total. The normalized spacial score (nSPS) is 27.8. The highest BCUT2D eigenvalue weighted by molar-refractivity contribution is 5.95. The van der Waals surface area contributed by atoms with Crippen molar-refractivity contribution in [3.63, 3.8) is 0 Å². The Hall–Kier alpha value is -2.02. The van der Waals surface area contributed by atoms with Gasteiger partial charge >= 0.3 is 0 Å². The minimum Gasteiger partial charge on any atom is -0.504 e. The second-order valence-electron chi connectivity index (χ2n) is 5.65. The Labute approximate surface area is 133 Å². The SMILES string of the molecule is COc1cc(O[C@H]2C[C@@H](O)[C@H](O)[C@@H](C)O2)c(O)c2ccccc12. The van der Waals surface area contributed by atoms with Gasteiger partial charge in [0.15, 0.2) is 11.5 Å². The molecule has 0 unspecified atom stereocenters. The number of aliphatic hydroxyl groups excluding tert-OH is 2. The van der Waals surface area contributed by atoms with E-state index in [9.17, 15) is 15.3 Å². The molecule has 3 rings (SSSR count). The Balaban J connectivity index is 1.93. The Morgan fingerprint density at radius 2 is 1.83 bits per heavy atom. The highest BCUT2D eigenvalue weighted by Gasteiger charge is 2.35. The molecule has 4 atom stereocenters. The third-order valence-corrected chi connectivity index (χ3v) is 4.10. The molecule has 0 aromatic heterocycles. The Morgan fingerprint density at radius 3 is 2.48 bits per heavy atom. The summed E-state index contributed by atoms with van der Waals surface area (Å²) >= 11 is 0. The third-order valence-electron chi connectivity index (χ3n) is 4.10. The molecule has 1 aliphatic rings. The molecule has 1 aliphatic heterocycles. The van der Waals surface area contributed by atoms with Crippen LogP contribution in [0.3, 0.4) is 0 Å². The fourth-order valence-corrected chi connectivity index (χ4v) is 2.80. The van der Waals surface area contributed by atoms with Gasteiger partial charge in [0.2, 0.25) is 6.29 Å². The van der Waals surface area contributed by atoms with Crippen LogP contribution in [0.25, 0.3) is 10.8 Å². The van der Waals surface area contributed by atoms with Crippen LogP contribution < -0.4 is 9.47 Å². The standard InChI is InChI=1S/C17H20O6/c1-9-16(19)12(18)7-15(22-9)23-14-8-13(21-2)10-5-3-4-6-11(10)17(14)20/h3-6,8-9,12,15-16,18-20H,7H2,1-2H3/t9-,12-,15+,16-/m1/s1. The molecule has 2 aromatic carbocycles. The third kappa shape index (κ3) is 2.93. The van der Waals surface area contributed by atoms with Crippen molar-refractivity contribution in [2.45, 2.75) is 37.9 Å². The lowest BCUT2D eigenvalue weighted by Crippen LogP contribution is -2.48. The van der Waals surface area contributed by atoms with Crippen molar-refractivity contribution in [2.75, 3.05) is 7.11 Å². The van der Waals surface area contributed by atoms with Crippen LogP contribution in [-0.4, -0.2) is 47.0 Å². The topological polar surface area (TPSA) is 88.4 Å². The lowest BCUT2D eigenvalue weighted by atomic mass is 10.0. The lowest BCUT2D eigenvalue weighted by molar-refractivity contribution is -0.216. The van der Waals surface area contributed by atoms with Gasteiger partial charge in [0, 0.05) is 23.3 Å². The van der Waals surface area contributed by atoms with Crippen molar-refractivity contribution in [1.29, 1.82) is 0 Å². The van der Waals surface area contributed by atoms with Crippen LogP contribution in [0.2, 0.25) is 0 Å². The van der Waals surface area contributed by atoms with Gasteiger partial charge in [-0.15, -0.1) is 0 Å². The van der Waals surface area contributed by atoms with Gasteiger partial charge in [0.25, 0.3) is 0 Å². The van der Waals surface area contributed by atoms with Gasteiger partial charge in [0.1, 0.15) is 11.9 Å². The number of phenolic OH excluding ortho intramolecular Hbond substituents is 1. The van der Waals surface area contributed by atoms with E-state index in [-0.39, 0.29) is 17.9 Å². The summed E-state index contributed by atoms with van der Waals surface area (Å²) in [5, 5.41) is 31.4. The molecule has 3 N–H and O–H groups in total. The van der Waals surface area contributed by atoms with Crippen molar-refractivity contribution in [1.82, 2.24) is 0 Å². The van der Waals surface area contributed by atoms with E-state index in [1.54, 1.807) is 26.2 Å². The van der Waals surface area contributed by atoms with Gasteiger partial charge in [-0.1, -0.05) is 24.3 Å². The van der Waals surface area contributed by atoms with Crippen molar-refractivity contribution < 1.29 is 29.5 Å². The summed E-state index contributed by atoms with van der Waals surface area (Å²) in [4.78, 5) is 0. The number of hydrogen-bond donors (Lipinski definition) is 3. The molecule has 124 valence electrons. The predicted octanol–water partition coefficient (Wildman–Crippen LogP) is 1.79. The van der Waals surface area contributed by atoms with E-state index in [4.69, 9.17) is 14.2 Å². The highest BCUT2D eigenvalue weighted by atomic mass is 16.7. The first-order chi connectivity index (χ1) is 11.0. The average Bonchev–Trinajstić information content (AvgIpc) is 2.55. The number of fused-ring (bicyclic) bond motifs is 1. The molecule has 1 saturated heterocycles. The van der Waals surface area contributed by atoms with Crippen molar-refractivity contribution >= 4 is 10.8 Å². The van der Waals surface area contributed by atoms with Crippen molar-refractivity contribution in [3.05, 3.63) is 30.3 Å². The molecule has 6 heteroatoms. The van der Waals surface area contributed by atoms with E-state index >= 15 is 0 Å². The van der Waals surface area contributed by atoms with Gasteiger partial charge < -0.3 is 29.5 Å². The molecule has 1 heterocycles. The number of benzene rings is 2. The van der Waals surface area contributed by atoms with E-state index in [0.717, 1.165) is 5.39 Å². The van der Waals surface area contributed by atoms with E-state index in [1.165, 1.54) is 0 Å². The fraction of sp³-hybridized carbons (Fsp3) is 0.412. The first-order valence-electron chi connectivity index (χ1n) is 7.48. The van der Waals surface area contributed by atoms with Crippen LogP contribution in [-0.2, 0) is 4.74 Å². The summed E-state index contributed by atoms with van der Waals surface area (Å²) < 4.78 is 16.6. The first-order valence-corrected chi connectivity index (χ1v) is 7.48. The largest absolute Gasteiger partial charge is 0.504 e.